The molecule has 21 heavy (non-hydrogen) atoms. The van der Waals surface area contributed by atoms with Gasteiger partial charge in [-0.3, -0.25) is 0 Å². The van der Waals surface area contributed by atoms with Gasteiger partial charge in [0.05, 0.1) is 0 Å². The highest BCUT2D eigenvalue weighted by molar-refractivity contribution is 7.89. The van der Waals surface area contributed by atoms with Gasteiger partial charge in [-0.2, -0.15) is 4.31 Å². The van der Waals surface area contributed by atoms with Crippen molar-refractivity contribution in [3.8, 4) is 0 Å². The molecule has 0 saturated carbocycles. The molecule has 1 saturated heterocycles. The van der Waals surface area contributed by atoms with Gasteiger partial charge in [-0.05, 0) is 31.0 Å². The van der Waals surface area contributed by atoms with Gasteiger partial charge in [0.15, 0.2) is 0 Å². The molecule has 0 unspecified atom stereocenters. The van der Waals surface area contributed by atoms with Crippen molar-refractivity contribution < 1.29 is 8.42 Å². The second kappa shape index (κ2) is 6.72. The molecule has 1 aromatic heterocycles. The maximum absolute atomic E-state index is 12.5. The predicted molar refractivity (Wildman–Crippen MR) is 83.3 cm³/mol. The number of piperazine rings is 1. The van der Waals surface area contributed by atoms with Crippen LogP contribution in [0.2, 0.25) is 0 Å². The quantitative estimate of drug-likeness (QED) is 0.878. The molecule has 0 radical (unpaired) electrons. The third kappa shape index (κ3) is 4.15. The van der Waals surface area contributed by atoms with Crippen LogP contribution in [0.5, 0.6) is 0 Å². The summed E-state index contributed by atoms with van der Waals surface area (Å²) in [6.07, 6.45) is 2.48. The number of aromatic nitrogens is 1. The largest absolute Gasteiger partial charge is 0.384 e. The molecule has 0 spiro atoms. The lowest BCUT2D eigenvalue weighted by Gasteiger charge is -2.34. The lowest BCUT2D eigenvalue weighted by atomic mass is 10.1. The van der Waals surface area contributed by atoms with Crippen LogP contribution < -0.4 is 5.73 Å². The first kappa shape index (κ1) is 16.2. The van der Waals surface area contributed by atoms with Crippen LogP contribution in [0.15, 0.2) is 23.2 Å². The number of hydrogen-bond acceptors (Lipinski definition) is 5. The number of nitrogen functional groups attached to an aromatic ring is 1. The minimum absolute atomic E-state index is 0.215. The molecule has 0 aliphatic carbocycles. The molecule has 2 N–H and O–H groups in total. The number of pyridine rings is 1. The fraction of sp³-hybridized carbons (Fsp3) is 0.643. The smallest absolute Gasteiger partial charge is 0.244 e. The van der Waals surface area contributed by atoms with Gasteiger partial charge in [-0.1, -0.05) is 13.8 Å². The number of hydrogen-bond donors (Lipinski definition) is 1. The lowest BCUT2D eigenvalue weighted by molar-refractivity contribution is 0.180. The van der Waals surface area contributed by atoms with Gasteiger partial charge < -0.3 is 10.6 Å². The third-order valence-corrected chi connectivity index (χ3v) is 5.63. The average molecular weight is 312 g/mol. The maximum Gasteiger partial charge on any atom is 0.244 e. The van der Waals surface area contributed by atoms with Gasteiger partial charge in [0.1, 0.15) is 10.7 Å². The number of rotatable bonds is 5. The molecule has 6 nitrogen and oxygen atoms in total. The summed E-state index contributed by atoms with van der Waals surface area (Å²) in [6, 6.07) is 3.04. The van der Waals surface area contributed by atoms with Crippen molar-refractivity contribution >= 4 is 15.8 Å². The number of nitrogens with two attached hydrogens (primary N) is 1. The number of anilines is 1. The standard InChI is InChI=1S/C14H24N4O2S/c1-12(2)5-6-17-7-9-18(10-8-17)21(19,20)13-3-4-14(15)16-11-13/h3-4,11-12H,5-10H2,1-2H3,(H2,15,16). The Kier molecular flexibility index (Phi) is 5.18. The summed E-state index contributed by atoms with van der Waals surface area (Å²) in [4.78, 5) is 6.41. The van der Waals surface area contributed by atoms with Gasteiger partial charge in [-0.25, -0.2) is 13.4 Å². The van der Waals surface area contributed by atoms with E-state index in [0.29, 0.717) is 24.8 Å². The lowest BCUT2D eigenvalue weighted by Crippen LogP contribution is -2.48. The molecule has 1 fully saturated rings. The highest BCUT2D eigenvalue weighted by Crippen LogP contribution is 2.17. The monoisotopic (exact) mass is 312 g/mol. The van der Waals surface area contributed by atoms with E-state index >= 15 is 0 Å². The normalized spacial score (nSPS) is 18.2. The van der Waals surface area contributed by atoms with Crippen LogP contribution in [0.25, 0.3) is 0 Å². The summed E-state index contributed by atoms with van der Waals surface area (Å²) in [5.41, 5.74) is 5.50. The fourth-order valence-corrected chi connectivity index (χ4v) is 3.70. The van der Waals surface area contributed by atoms with E-state index in [9.17, 15) is 8.42 Å². The van der Waals surface area contributed by atoms with E-state index in [1.807, 2.05) is 0 Å². The van der Waals surface area contributed by atoms with E-state index in [1.165, 1.54) is 22.6 Å². The minimum Gasteiger partial charge on any atom is -0.384 e. The second-order valence-corrected chi connectivity index (χ2v) is 7.78. The molecule has 7 heteroatoms. The van der Waals surface area contributed by atoms with E-state index in [-0.39, 0.29) is 4.90 Å². The van der Waals surface area contributed by atoms with Crippen LogP contribution >= 0.6 is 0 Å². The first-order chi connectivity index (χ1) is 9.89. The average Bonchev–Trinajstić information content (AvgIpc) is 2.46. The number of sulfonamides is 1. The highest BCUT2D eigenvalue weighted by Gasteiger charge is 2.28. The fourth-order valence-electron chi connectivity index (χ4n) is 2.33. The van der Waals surface area contributed by atoms with E-state index in [1.54, 1.807) is 0 Å². The molecular formula is C14H24N4O2S. The Morgan fingerprint density at radius 3 is 2.43 bits per heavy atom. The van der Waals surface area contributed by atoms with Crippen molar-refractivity contribution in [2.45, 2.75) is 25.2 Å². The Hall–Kier alpha value is -1.18. The zero-order chi connectivity index (χ0) is 15.5. The summed E-state index contributed by atoms with van der Waals surface area (Å²) in [7, 11) is -3.44. The third-order valence-electron chi connectivity index (χ3n) is 3.75. The second-order valence-electron chi connectivity index (χ2n) is 5.85. The predicted octanol–water partition coefficient (Wildman–Crippen LogP) is 1.02. The molecule has 0 atom stereocenters. The summed E-state index contributed by atoms with van der Waals surface area (Å²) in [5.74, 6) is 1.00. The van der Waals surface area contributed by atoms with Gasteiger partial charge in [-0.15, -0.1) is 0 Å². The first-order valence-electron chi connectivity index (χ1n) is 7.33. The van der Waals surface area contributed by atoms with Crippen LogP contribution in [0.4, 0.5) is 5.82 Å². The van der Waals surface area contributed by atoms with E-state index < -0.39 is 10.0 Å². The van der Waals surface area contributed by atoms with E-state index in [2.05, 4.69) is 23.7 Å². The Morgan fingerprint density at radius 1 is 1.24 bits per heavy atom. The molecule has 1 aliphatic rings. The zero-order valence-electron chi connectivity index (χ0n) is 12.7. The maximum atomic E-state index is 12.5. The van der Waals surface area contributed by atoms with Crippen molar-refractivity contribution in [1.29, 1.82) is 0 Å². The molecule has 0 bridgehead atoms. The Morgan fingerprint density at radius 2 is 1.90 bits per heavy atom. The van der Waals surface area contributed by atoms with Crippen LogP contribution in [0.1, 0.15) is 20.3 Å². The molecule has 0 amide bonds. The van der Waals surface area contributed by atoms with Crippen molar-refractivity contribution in [3.63, 3.8) is 0 Å². The van der Waals surface area contributed by atoms with Gasteiger partial charge in [0.2, 0.25) is 10.0 Å². The van der Waals surface area contributed by atoms with Crippen molar-refractivity contribution in [3.05, 3.63) is 18.3 Å². The number of nitrogens with zero attached hydrogens (tertiary/aromatic N) is 3. The van der Waals surface area contributed by atoms with Gasteiger partial charge in [0, 0.05) is 32.4 Å². The van der Waals surface area contributed by atoms with E-state index in [0.717, 1.165) is 26.1 Å². The van der Waals surface area contributed by atoms with Crippen LogP contribution in [-0.4, -0.2) is 55.3 Å². The van der Waals surface area contributed by atoms with Crippen molar-refractivity contribution in [2.24, 2.45) is 5.92 Å². The summed E-state index contributed by atoms with van der Waals surface area (Å²) in [6.45, 7) is 8.08. The first-order valence-corrected chi connectivity index (χ1v) is 8.77. The van der Waals surface area contributed by atoms with Crippen LogP contribution in [-0.2, 0) is 10.0 Å². The molecule has 2 heterocycles. The summed E-state index contributed by atoms with van der Waals surface area (Å²) < 4.78 is 26.5. The molecule has 118 valence electrons. The van der Waals surface area contributed by atoms with E-state index in [4.69, 9.17) is 5.73 Å². The minimum atomic E-state index is -3.44. The molecule has 1 aromatic rings. The summed E-state index contributed by atoms with van der Waals surface area (Å²) in [5, 5.41) is 0. The van der Waals surface area contributed by atoms with Crippen molar-refractivity contribution in [1.82, 2.24) is 14.2 Å². The van der Waals surface area contributed by atoms with Crippen molar-refractivity contribution in [2.75, 3.05) is 38.5 Å². The highest BCUT2D eigenvalue weighted by atomic mass is 32.2. The Labute approximate surface area is 127 Å². The van der Waals surface area contributed by atoms with Gasteiger partial charge >= 0.3 is 0 Å². The molecule has 1 aliphatic heterocycles. The van der Waals surface area contributed by atoms with Crippen LogP contribution in [0.3, 0.4) is 0 Å². The van der Waals surface area contributed by atoms with Gasteiger partial charge in [0.25, 0.3) is 0 Å². The topological polar surface area (TPSA) is 79.5 Å². The molecular weight excluding hydrogens is 288 g/mol. The molecule has 2 rings (SSSR count). The van der Waals surface area contributed by atoms with Crippen LogP contribution in [0, 0.1) is 5.92 Å². The Bertz CT molecular complexity index is 549. The Balaban J connectivity index is 1.96. The summed E-state index contributed by atoms with van der Waals surface area (Å²) >= 11 is 0. The molecule has 0 aromatic carbocycles. The zero-order valence-corrected chi connectivity index (χ0v) is 13.5. The SMILES string of the molecule is CC(C)CCN1CCN(S(=O)(=O)c2ccc(N)nc2)CC1.